The molecule has 2 aromatic heterocycles. The van der Waals surface area contributed by atoms with E-state index in [4.69, 9.17) is 9.25 Å². The number of aromatic nitrogens is 1. The number of nitrogens with zero attached hydrogens (tertiary/aromatic N) is 2. The molecule has 0 fully saturated rings. The summed E-state index contributed by atoms with van der Waals surface area (Å²) in [6, 6.07) is 5.46. The number of hydroxylamine groups is 2. The Morgan fingerprint density at radius 3 is 3.00 bits per heavy atom. The van der Waals surface area contributed by atoms with Gasteiger partial charge in [0.25, 0.3) is 5.91 Å². The Balaban J connectivity index is 2.20. The van der Waals surface area contributed by atoms with E-state index in [1.165, 1.54) is 12.2 Å². The molecular weight excluding hydrogens is 220 g/mol. The fourth-order valence-electron chi connectivity index (χ4n) is 1.57. The zero-order valence-electron chi connectivity index (χ0n) is 9.79. The second-order valence-electron chi connectivity index (χ2n) is 3.64. The van der Waals surface area contributed by atoms with E-state index in [1.54, 1.807) is 25.6 Å². The molecule has 0 bridgehead atoms. The van der Waals surface area contributed by atoms with Crippen LogP contribution in [0.4, 0.5) is 0 Å². The molecule has 2 rings (SSSR count). The van der Waals surface area contributed by atoms with E-state index in [9.17, 15) is 4.79 Å². The fraction of sp³-hybridized carbons (Fsp3) is 0.250. The van der Waals surface area contributed by atoms with Gasteiger partial charge in [-0.15, -0.1) is 0 Å². The van der Waals surface area contributed by atoms with Crippen LogP contribution in [-0.4, -0.2) is 29.7 Å². The van der Waals surface area contributed by atoms with E-state index in [2.05, 4.69) is 0 Å². The van der Waals surface area contributed by atoms with Crippen molar-refractivity contribution in [3.63, 3.8) is 0 Å². The molecule has 0 saturated carbocycles. The molecule has 0 saturated heterocycles. The van der Waals surface area contributed by atoms with E-state index in [1.807, 2.05) is 22.9 Å². The largest absolute Gasteiger partial charge is 0.472 e. The number of carbonyl (C=O) groups is 1. The third-order valence-corrected chi connectivity index (χ3v) is 2.54. The first kappa shape index (κ1) is 11.5. The Bertz CT molecular complexity index is 488. The van der Waals surface area contributed by atoms with Crippen LogP contribution in [0.5, 0.6) is 0 Å². The molecule has 0 radical (unpaired) electrons. The minimum atomic E-state index is -0.180. The third-order valence-electron chi connectivity index (χ3n) is 2.54. The normalized spacial score (nSPS) is 10.5. The number of rotatable bonds is 4. The highest BCUT2D eigenvalue weighted by molar-refractivity contribution is 5.91. The predicted molar refractivity (Wildman–Crippen MR) is 61.3 cm³/mol. The van der Waals surface area contributed by atoms with Crippen LogP contribution >= 0.6 is 0 Å². The minimum absolute atomic E-state index is 0.180. The number of carbonyl (C=O) groups excluding carboxylic acids is 1. The summed E-state index contributed by atoms with van der Waals surface area (Å²) in [5.41, 5.74) is 1.59. The molecule has 0 aromatic carbocycles. The van der Waals surface area contributed by atoms with Crippen molar-refractivity contribution in [2.75, 3.05) is 14.2 Å². The average molecular weight is 234 g/mol. The summed E-state index contributed by atoms with van der Waals surface area (Å²) in [6.07, 6.45) is 5.12. The van der Waals surface area contributed by atoms with Crippen molar-refractivity contribution in [1.82, 2.24) is 9.63 Å². The molecule has 0 N–H and O–H groups in total. The lowest BCUT2D eigenvalue weighted by atomic mass is 10.3. The van der Waals surface area contributed by atoms with Gasteiger partial charge in [-0.25, -0.2) is 5.06 Å². The number of hydrogen-bond donors (Lipinski definition) is 0. The van der Waals surface area contributed by atoms with Gasteiger partial charge in [0.15, 0.2) is 0 Å². The van der Waals surface area contributed by atoms with Crippen LogP contribution in [0, 0.1) is 0 Å². The Morgan fingerprint density at radius 2 is 2.35 bits per heavy atom. The van der Waals surface area contributed by atoms with Gasteiger partial charge in [0.1, 0.15) is 5.69 Å². The first-order chi connectivity index (χ1) is 8.22. The Kier molecular flexibility index (Phi) is 3.30. The van der Waals surface area contributed by atoms with Crippen molar-refractivity contribution in [1.29, 1.82) is 0 Å². The smallest absolute Gasteiger partial charge is 0.293 e. The van der Waals surface area contributed by atoms with E-state index in [0.717, 1.165) is 5.56 Å². The highest BCUT2D eigenvalue weighted by Crippen LogP contribution is 2.10. The van der Waals surface area contributed by atoms with Crippen molar-refractivity contribution in [3.05, 3.63) is 48.2 Å². The van der Waals surface area contributed by atoms with Gasteiger partial charge >= 0.3 is 0 Å². The van der Waals surface area contributed by atoms with Gasteiger partial charge in [0, 0.05) is 18.8 Å². The standard InChI is InChI=1S/C12H14N2O3/c1-13(16-2)12(15)11-4-3-6-14(11)8-10-5-7-17-9-10/h3-7,9H,8H2,1-2H3. The molecule has 0 aliphatic heterocycles. The lowest BCUT2D eigenvalue weighted by Gasteiger charge is -2.15. The van der Waals surface area contributed by atoms with Crippen LogP contribution in [0.25, 0.3) is 0 Å². The summed E-state index contributed by atoms with van der Waals surface area (Å²) in [7, 11) is 3.04. The molecule has 0 aliphatic rings. The number of amides is 1. The summed E-state index contributed by atoms with van der Waals surface area (Å²) in [6.45, 7) is 0.599. The van der Waals surface area contributed by atoms with Crippen LogP contribution in [0.2, 0.25) is 0 Å². The van der Waals surface area contributed by atoms with Crippen LogP contribution in [0.3, 0.4) is 0 Å². The quantitative estimate of drug-likeness (QED) is 0.757. The van der Waals surface area contributed by atoms with Crippen molar-refractivity contribution in [2.45, 2.75) is 6.54 Å². The van der Waals surface area contributed by atoms with Crippen molar-refractivity contribution >= 4 is 5.91 Å². The van der Waals surface area contributed by atoms with Gasteiger partial charge in [-0.3, -0.25) is 9.63 Å². The maximum absolute atomic E-state index is 11.9. The molecular formula is C12H14N2O3. The second-order valence-corrected chi connectivity index (χ2v) is 3.64. The van der Waals surface area contributed by atoms with Gasteiger partial charge in [0.05, 0.1) is 26.2 Å². The molecule has 0 aliphatic carbocycles. The molecule has 5 nitrogen and oxygen atoms in total. The molecule has 2 heterocycles. The van der Waals surface area contributed by atoms with Crippen LogP contribution in [-0.2, 0) is 11.4 Å². The van der Waals surface area contributed by atoms with E-state index in [0.29, 0.717) is 12.2 Å². The molecule has 0 atom stereocenters. The van der Waals surface area contributed by atoms with Crippen molar-refractivity contribution in [3.8, 4) is 0 Å². The van der Waals surface area contributed by atoms with Crippen molar-refractivity contribution < 1.29 is 14.0 Å². The summed E-state index contributed by atoms with van der Waals surface area (Å²) >= 11 is 0. The number of hydrogen-bond acceptors (Lipinski definition) is 3. The van der Waals surface area contributed by atoms with Gasteiger partial charge in [0.2, 0.25) is 0 Å². The molecule has 90 valence electrons. The van der Waals surface area contributed by atoms with Gasteiger partial charge in [-0.2, -0.15) is 0 Å². The Labute approximate surface area is 99.2 Å². The molecule has 1 amide bonds. The van der Waals surface area contributed by atoms with Crippen molar-refractivity contribution in [2.24, 2.45) is 0 Å². The van der Waals surface area contributed by atoms with E-state index >= 15 is 0 Å². The molecule has 17 heavy (non-hydrogen) atoms. The van der Waals surface area contributed by atoms with E-state index < -0.39 is 0 Å². The zero-order valence-corrected chi connectivity index (χ0v) is 9.79. The molecule has 0 spiro atoms. The van der Waals surface area contributed by atoms with E-state index in [-0.39, 0.29) is 5.91 Å². The highest BCUT2D eigenvalue weighted by Gasteiger charge is 2.15. The van der Waals surface area contributed by atoms with Gasteiger partial charge in [-0.05, 0) is 18.2 Å². The summed E-state index contributed by atoms with van der Waals surface area (Å²) in [5, 5.41) is 1.20. The molecule has 0 unspecified atom stereocenters. The summed E-state index contributed by atoms with van der Waals surface area (Å²) in [4.78, 5) is 16.8. The Hall–Kier alpha value is -2.01. The van der Waals surface area contributed by atoms with Crippen LogP contribution in [0.15, 0.2) is 41.3 Å². The summed E-state index contributed by atoms with van der Waals surface area (Å²) in [5.74, 6) is -0.180. The maximum atomic E-state index is 11.9. The fourth-order valence-corrected chi connectivity index (χ4v) is 1.57. The monoisotopic (exact) mass is 234 g/mol. The zero-order chi connectivity index (χ0) is 12.3. The second kappa shape index (κ2) is 4.88. The SMILES string of the molecule is CON(C)C(=O)c1cccn1Cc1ccoc1. The lowest BCUT2D eigenvalue weighted by Crippen LogP contribution is -2.27. The predicted octanol–water partition coefficient (Wildman–Crippen LogP) is 1.76. The van der Waals surface area contributed by atoms with Crippen LogP contribution in [0.1, 0.15) is 16.1 Å². The van der Waals surface area contributed by atoms with Crippen LogP contribution < -0.4 is 0 Å². The average Bonchev–Trinajstić information content (AvgIpc) is 2.99. The Morgan fingerprint density at radius 1 is 1.53 bits per heavy atom. The first-order valence-corrected chi connectivity index (χ1v) is 5.20. The third kappa shape index (κ3) is 2.39. The highest BCUT2D eigenvalue weighted by atomic mass is 16.7. The van der Waals surface area contributed by atoms with Gasteiger partial charge in [-0.1, -0.05) is 0 Å². The first-order valence-electron chi connectivity index (χ1n) is 5.20. The lowest BCUT2D eigenvalue weighted by molar-refractivity contribution is -0.0762. The summed E-state index contributed by atoms with van der Waals surface area (Å²) < 4.78 is 6.85. The van der Waals surface area contributed by atoms with Gasteiger partial charge < -0.3 is 8.98 Å². The topological polar surface area (TPSA) is 47.6 Å². The minimum Gasteiger partial charge on any atom is -0.472 e. The maximum Gasteiger partial charge on any atom is 0.293 e. The number of furan rings is 1. The molecule has 2 aromatic rings. The molecule has 5 heteroatoms.